The Hall–Kier alpha value is -2.03. The number of terminal acetylenes is 1. The first-order chi connectivity index (χ1) is 7.45. The van der Waals surface area contributed by atoms with E-state index < -0.39 is 30.3 Å². The highest BCUT2D eigenvalue weighted by molar-refractivity contribution is 5.88. The van der Waals surface area contributed by atoms with Gasteiger partial charge < -0.3 is 15.1 Å². The maximum absolute atomic E-state index is 11.4. The molecule has 2 atom stereocenters. The average Bonchev–Trinajstić information content (AvgIpc) is 2.55. The van der Waals surface area contributed by atoms with E-state index in [0.29, 0.717) is 0 Å². The van der Waals surface area contributed by atoms with Crippen molar-refractivity contribution in [1.82, 2.24) is 4.90 Å². The molecule has 0 aromatic rings. The molecule has 1 fully saturated rings. The molecule has 6 heteroatoms. The number of carbonyl (C=O) groups excluding carboxylic acids is 1. The molecule has 1 heterocycles. The smallest absolute Gasteiger partial charge is 0.327 e. The summed E-state index contributed by atoms with van der Waals surface area (Å²) in [4.78, 5) is 33.8. The van der Waals surface area contributed by atoms with Crippen molar-refractivity contribution >= 4 is 17.8 Å². The zero-order chi connectivity index (χ0) is 12.3. The van der Waals surface area contributed by atoms with Crippen molar-refractivity contribution in [3.63, 3.8) is 0 Å². The summed E-state index contributed by atoms with van der Waals surface area (Å²) in [5, 5.41) is 17.4. The van der Waals surface area contributed by atoms with Crippen LogP contribution in [0.1, 0.15) is 12.8 Å². The zero-order valence-electron chi connectivity index (χ0n) is 8.42. The summed E-state index contributed by atoms with van der Waals surface area (Å²) in [7, 11) is 0. The minimum Gasteiger partial charge on any atom is -0.481 e. The number of hydrogen-bond acceptors (Lipinski definition) is 3. The normalized spacial score (nSPS) is 21.6. The number of amides is 1. The fraction of sp³-hybridized carbons (Fsp3) is 0.500. The lowest BCUT2D eigenvalue weighted by atomic mass is 10.1. The maximum atomic E-state index is 11.4. The molecule has 2 N–H and O–H groups in total. The molecular formula is C10H11NO5. The number of nitrogens with zero attached hydrogens (tertiary/aromatic N) is 1. The molecule has 1 unspecified atom stereocenters. The first-order valence-electron chi connectivity index (χ1n) is 4.66. The van der Waals surface area contributed by atoms with Gasteiger partial charge in [0, 0.05) is 18.9 Å². The van der Waals surface area contributed by atoms with Crippen molar-refractivity contribution in [2.75, 3.05) is 6.54 Å². The number of rotatable bonds is 4. The minimum absolute atomic E-state index is 0.0832. The van der Waals surface area contributed by atoms with Gasteiger partial charge in [0.2, 0.25) is 5.91 Å². The molecule has 16 heavy (non-hydrogen) atoms. The van der Waals surface area contributed by atoms with E-state index >= 15 is 0 Å². The fourth-order valence-corrected chi connectivity index (χ4v) is 1.64. The van der Waals surface area contributed by atoms with E-state index in [0.717, 1.165) is 4.90 Å². The monoisotopic (exact) mass is 225 g/mol. The van der Waals surface area contributed by atoms with Crippen molar-refractivity contribution in [1.29, 1.82) is 0 Å². The summed E-state index contributed by atoms with van der Waals surface area (Å²) < 4.78 is 0. The Morgan fingerprint density at radius 3 is 2.56 bits per heavy atom. The Morgan fingerprint density at radius 1 is 1.56 bits per heavy atom. The zero-order valence-corrected chi connectivity index (χ0v) is 8.42. The van der Waals surface area contributed by atoms with Crippen molar-refractivity contribution in [2.45, 2.75) is 18.9 Å². The van der Waals surface area contributed by atoms with E-state index in [1.54, 1.807) is 0 Å². The van der Waals surface area contributed by atoms with E-state index in [4.69, 9.17) is 16.6 Å². The number of hydrogen-bond donors (Lipinski definition) is 2. The molecule has 0 spiro atoms. The topological polar surface area (TPSA) is 94.9 Å². The molecular weight excluding hydrogens is 214 g/mol. The van der Waals surface area contributed by atoms with Crippen LogP contribution in [0.4, 0.5) is 0 Å². The molecule has 1 aliphatic heterocycles. The summed E-state index contributed by atoms with van der Waals surface area (Å²) in [6.45, 7) is 0.111. The third-order valence-electron chi connectivity index (χ3n) is 2.42. The molecule has 86 valence electrons. The van der Waals surface area contributed by atoms with Crippen LogP contribution >= 0.6 is 0 Å². The van der Waals surface area contributed by atoms with Gasteiger partial charge in [-0.2, -0.15) is 0 Å². The highest BCUT2D eigenvalue weighted by Crippen LogP contribution is 2.21. The Balaban J connectivity index is 2.80. The molecule has 0 aromatic heterocycles. The molecule has 0 bridgehead atoms. The Morgan fingerprint density at radius 2 is 2.19 bits per heavy atom. The van der Waals surface area contributed by atoms with Crippen LogP contribution in [0.2, 0.25) is 0 Å². The van der Waals surface area contributed by atoms with Gasteiger partial charge in [-0.05, 0) is 0 Å². The summed E-state index contributed by atoms with van der Waals surface area (Å²) in [5.74, 6) is -0.953. The molecule has 1 saturated heterocycles. The van der Waals surface area contributed by atoms with Gasteiger partial charge in [0.1, 0.15) is 6.04 Å². The molecule has 0 saturated carbocycles. The maximum Gasteiger partial charge on any atom is 0.327 e. The van der Waals surface area contributed by atoms with Gasteiger partial charge in [-0.3, -0.25) is 9.59 Å². The van der Waals surface area contributed by atoms with Crippen molar-refractivity contribution in [3.05, 3.63) is 0 Å². The minimum atomic E-state index is -1.33. The second-order valence-electron chi connectivity index (χ2n) is 3.57. The summed E-state index contributed by atoms with van der Waals surface area (Å²) in [5.41, 5.74) is 0. The number of likely N-dealkylation sites (tertiary alicyclic amines) is 1. The van der Waals surface area contributed by atoms with Gasteiger partial charge in [0.05, 0.1) is 6.42 Å². The largest absolute Gasteiger partial charge is 0.481 e. The molecule has 1 aliphatic rings. The molecule has 1 amide bonds. The number of carboxylic acid groups (broad SMARTS) is 2. The SMILES string of the molecule is C#CC1CC(=O)N([C@@H](CC(=O)O)C(=O)O)C1. The van der Waals surface area contributed by atoms with Crippen LogP contribution in [-0.4, -0.2) is 45.5 Å². The highest BCUT2D eigenvalue weighted by atomic mass is 16.4. The predicted molar refractivity (Wildman–Crippen MR) is 52.3 cm³/mol. The number of carbonyl (C=O) groups is 3. The van der Waals surface area contributed by atoms with E-state index in [1.165, 1.54) is 0 Å². The molecule has 0 aromatic carbocycles. The first-order valence-corrected chi connectivity index (χ1v) is 4.66. The molecule has 0 aliphatic carbocycles. The van der Waals surface area contributed by atoms with Crippen LogP contribution in [-0.2, 0) is 14.4 Å². The molecule has 0 radical (unpaired) electrons. The van der Waals surface area contributed by atoms with E-state index in [2.05, 4.69) is 5.92 Å². The van der Waals surface area contributed by atoms with Crippen LogP contribution in [0.5, 0.6) is 0 Å². The van der Waals surface area contributed by atoms with Gasteiger partial charge in [-0.1, -0.05) is 0 Å². The van der Waals surface area contributed by atoms with Gasteiger partial charge in [0.25, 0.3) is 0 Å². The third kappa shape index (κ3) is 2.51. The van der Waals surface area contributed by atoms with E-state index in [9.17, 15) is 14.4 Å². The molecule has 6 nitrogen and oxygen atoms in total. The van der Waals surface area contributed by atoms with Gasteiger partial charge in [-0.25, -0.2) is 4.79 Å². The summed E-state index contributed by atoms with van der Waals surface area (Å²) >= 11 is 0. The Labute approximate surface area is 91.8 Å². The average molecular weight is 225 g/mol. The molecule has 1 rings (SSSR count). The fourth-order valence-electron chi connectivity index (χ4n) is 1.64. The van der Waals surface area contributed by atoms with Crippen LogP contribution in [0, 0.1) is 18.3 Å². The number of carboxylic acids is 2. The lowest BCUT2D eigenvalue weighted by Crippen LogP contribution is -2.43. The lowest BCUT2D eigenvalue weighted by Gasteiger charge is -2.22. The Kier molecular flexibility index (Phi) is 3.51. The Bertz CT molecular complexity index is 370. The van der Waals surface area contributed by atoms with Gasteiger partial charge >= 0.3 is 11.9 Å². The standard InChI is InChI=1S/C10H11NO5/c1-2-6-3-8(12)11(5-6)7(10(15)16)4-9(13)14/h1,6-7H,3-5H2,(H,13,14)(H,15,16)/t6?,7-/m0/s1. The lowest BCUT2D eigenvalue weighted by molar-refractivity contribution is -0.153. The van der Waals surface area contributed by atoms with E-state index in [1.807, 2.05) is 0 Å². The van der Waals surface area contributed by atoms with Crippen LogP contribution in [0.25, 0.3) is 0 Å². The summed E-state index contributed by atoms with van der Waals surface area (Å²) in [6, 6.07) is -1.33. The van der Waals surface area contributed by atoms with Crippen molar-refractivity contribution < 1.29 is 24.6 Å². The second kappa shape index (κ2) is 4.66. The van der Waals surface area contributed by atoms with Crippen LogP contribution < -0.4 is 0 Å². The first kappa shape index (κ1) is 12.0. The second-order valence-corrected chi connectivity index (χ2v) is 3.57. The van der Waals surface area contributed by atoms with Crippen LogP contribution in [0.3, 0.4) is 0 Å². The quantitative estimate of drug-likeness (QED) is 0.623. The van der Waals surface area contributed by atoms with Gasteiger partial charge in [-0.15, -0.1) is 12.3 Å². The number of aliphatic carboxylic acids is 2. The summed E-state index contributed by atoms with van der Waals surface area (Å²) in [6.07, 6.45) is 4.61. The van der Waals surface area contributed by atoms with E-state index in [-0.39, 0.29) is 18.9 Å². The van der Waals surface area contributed by atoms with Gasteiger partial charge in [0.15, 0.2) is 0 Å². The van der Waals surface area contributed by atoms with Crippen molar-refractivity contribution in [3.8, 4) is 12.3 Å². The predicted octanol–water partition coefficient (Wildman–Crippen LogP) is -0.604. The third-order valence-corrected chi connectivity index (χ3v) is 2.42. The van der Waals surface area contributed by atoms with Crippen LogP contribution in [0.15, 0.2) is 0 Å². The van der Waals surface area contributed by atoms with Crippen molar-refractivity contribution in [2.24, 2.45) is 5.92 Å². The highest BCUT2D eigenvalue weighted by Gasteiger charge is 2.38.